The van der Waals surface area contributed by atoms with E-state index in [0.717, 1.165) is 24.8 Å². The molecular weight excluding hydrogens is 243 g/mol. The summed E-state index contributed by atoms with van der Waals surface area (Å²) >= 11 is 12.0. The van der Waals surface area contributed by atoms with Crippen LogP contribution in [0.2, 0.25) is 10.0 Å². The SMILES string of the molecule is C=CCCCC(NN)c1ccc(Cl)cc1Cl. The Morgan fingerprint density at radius 2 is 2.19 bits per heavy atom. The van der Waals surface area contributed by atoms with Gasteiger partial charge in [0.1, 0.15) is 0 Å². The number of halogens is 2. The maximum atomic E-state index is 6.12. The number of hydrazine groups is 1. The van der Waals surface area contributed by atoms with Gasteiger partial charge in [0.25, 0.3) is 0 Å². The predicted molar refractivity (Wildman–Crippen MR) is 70.6 cm³/mol. The quantitative estimate of drug-likeness (QED) is 0.352. The first-order chi connectivity index (χ1) is 7.69. The first-order valence-corrected chi connectivity index (χ1v) is 5.96. The molecule has 1 rings (SSSR count). The molecule has 0 amide bonds. The monoisotopic (exact) mass is 258 g/mol. The molecule has 0 aliphatic carbocycles. The Kier molecular flexibility index (Phi) is 5.85. The van der Waals surface area contributed by atoms with Gasteiger partial charge in [-0.3, -0.25) is 11.3 Å². The number of unbranched alkanes of at least 4 members (excludes halogenated alkanes) is 1. The van der Waals surface area contributed by atoms with Gasteiger partial charge in [0, 0.05) is 16.1 Å². The Balaban J connectivity index is 2.74. The van der Waals surface area contributed by atoms with Crippen LogP contribution in [0.3, 0.4) is 0 Å². The Bertz CT molecular complexity index is 353. The highest BCUT2D eigenvalue weighted by atomic mass is 35.5. The van der Waals surface area contributed by atoms with E-state index in [0.29, 0.717) is 10.0 Å². The Morgan fingerprint density at radius 3 is 2.75 bits per heavy atom. The summed E-state index contributed by atoms with van der Waals surface area (Å²) < 4.78 is 0. The van der Waals surface area contributed by atoms with Crippen molar-refractivity contribution in [2.24, 2.45) is 5.84 Å². The van der Waals surface area contributed by atoms with Crippen LogP contribution in [-0.4, -0.2) is 0 Å². The van der Waals surface area contributed by atoms with Gasteiger partial charge < -0.3 is 0 Å². The lowest BCUT2D eigenvalue weighted by atomic mass is 10.0. The topological polar surface area (TPSA) is 38.0 Å². The molecule has 16 heavy (non-hydrogen) atoms. The van der Waals surface area contributed by atoms with Crippen molar-refractivity contribution >= 4 is 23.2 Å². The molecule has 0 heterocycles. The zero-order valence-corrected chi connectivity index (χ0v) is 10.6. The van der Waals surface area contributed by atoms with Gasteiger partial charge in [-0.1, -0.05) is 35.3 Å². The average Bonchev–Trinajstić information content (AvgIpc) is 2.26. The molecule has 88 valence electrons. The fraction of sp³-hybridized carbons (Fsp3) is 0.333. The van der Waals surface area contributed by atoms with E-state index in [1.807, 2.05) is 18.2 Å². The molecule has 0 aliphatic heterocycles. The van der Waals surface area contributed by atoms with E-state index < -0.39 is 0 Å². The maximum absolute atomic E-state index is 6.12. The lowest BCUT2D eigenvalue weighted by molar-refractivity contribution is 0.501. The van der Waals surface area contributed by atoms with Gasteiger partial charge in [0.05, 0.1) is 0 Å². The summed E-state index contributed by atoms with van der Waals surface area (Å²) in [7, 11) is 0. The van der Waals surface area contributed by atoms with Crippen LogP contribution in [-0.2, 0) is 0 Å². The van der Waals surface area contributed by atoms with Crippen molar-refractivity contribution in [3.63, 3.8) is 0 Å². The molecule has 1 atom stereocenters. The summed E-state index contributed by atoms with van der Waals surface area (Å²) in [6, 6.07) is 5.52. The molecule has 0 fully saturated rings. The third kappa shape index (κ3) is 3.80. The van der Waals surface area contributed by atoms with Gasteiger partial charge in [-0.2, -0.15) is 0 Å². The van der Waals surface area contributed by atoms with Crippen LogP contribution in [0.1, 0.15) is 30.9 Å². The van der Waals surface area contributed by atoms with Crippen LogP contribution in [0.5, 0.6) is 0 Å². The van der Waals surface area contributed by atoms with E-state index in [1.54, 1.807) is 6.07 Å². The Morgan fingerprint density at radius 1 is 1.44 bits per heavy atom. The summed E-state index contributed by atoms with van der Waals surface area (Å²) in [6.45, 7) is 3.69. The molecule has 3 N–H and O–H groups in total. The fourth-order valence-corrected chi connectivity index (χ4v) is 2.12. The third-order valence-corrected chi connectivity index (χ3v) is 3.00. The van der Waals surface area contributed by atoms with Gasteiger partial charge >= 0.3 is 0 Å². The molecule has 4 heteroatoms. The van der Waals surface area contributed by atoms with E-state index in [4.69, 9.17) is 29.0 Å². The molecule has 0 saturated heterocycles. The van der Waals surface area contributed by atoms with Crippen molar-refractivity contribution in [3.8, 4) is 0 Å². The largest absolute Gasteiger partial charge is 0.271 e. The summed E-state index contributed by atoms with van der Waals surface area (Å²) in [5, 5.41) is 1.28. The Labute approximate surface area is 106 Å². The highest BCUT2D eigenvalue weighted by Crippen LogP contribution is 2.28. The summed E-state index contributed by atoms with van der Waals surface area (Å²) in [5.74, 6) is 5.53. The average molecular weight is 259 g/mol. The summed E-state index contributed by atoms with van der Waals surface area (Å²) in [6.07, 6.45) is 4.82. The van der Waals surface area contributed by atoms with Gasteiger partial charge in [-0.25, -0.2) is 0 Å². The van der Waals surface area contributed by atoms with Crippen molar-refractivity contribution in [1.82, 2.24) is 5.43 Å². The van der Waals surface area contributed by atoms with E-state index in [9.17, 15) is 0 Å². The third-order valence-electron chi connectivity index (χ3n) is 2.44. The van der Waals surface area contributed by atoms with E-state index in [2.05, 4.69) is 12.0 Å². The van der Waals surface area contributed by atoms with Crippen molar-refractivity contribution < 1.29 is 0 Å². The van der Waals surface area contributed by atoms with Crippen molar-refractivity contribution in [2.75, 3.05) is 0 Å². The molecule has 1 aromatic rings. The van der Waals surface area contributed by atoms with Gasteiger partial charge in [0.2, 0.25) is 0 Å². The van der Waals surface area contributed by atoms with Gasteiger partial charge in [-0.15, -0.1) is 6.58 Å². The number of hydrogen-bond donors (Lipinski definition) is 2. The van der Waals surface area contributed by atoms with Crippen LogP contribution >= 0.6 is 23.2 Å². The normalized spacial score (nSPS) is 12.4. The lowest BCUT2D eigenvalue weighted by Crippen LogP contribution is -2.28. The number of allylic oxidation sites excluding steroid dienone is 1. The van der Waals surface area contributed by atoms with Crippen molar-refractivity contribution in [2.45, 2.75) is 25.3 Å². The highest BCUT2D eigenvalue weighted by molar-refractivity contribution is 6.35. The number of nitrogens with one attached hydrogen (secondary N) is 1. The molecule has 0 aromatic heterocycles. The van der Waals surface area contributed by atoms with E-state index >= 15 is 0 Å². The minimum atomic E-state index is 0.0599. The summed E-state index contributed by atoms with van der Waals surface area (Å²) in [4.78, 5) is 0. The molecule has 1 unspecified atom stereocenters. The van der Waals surface area contributed by atoms with E-state index in [1.165, 1.54) is 0 Å². The molecule has 0 radical (unpaired) electrons. The van der Waals surface area contributed by atoms with Crippen LogP contribution < -0.4 is 11.3 Å². The molecule has 2 nitrogen and oxygen atoms in total. The van der Waals surface area contributed by atoms with Crippen LogP contribution in [0.15, 0.2) is 30.9 Å². The predicted octanol–water partition coefficient (Wildman–Crippen LogP) is 3.85. The van der Waals surface area contributed by atoms with Gasteiger partial charge in [-0.05, 0) is 37.0 Å². The van der Waals surface area contributed by atoms with Crippen LogP contribution in [0.4, 0.5) is 0 Å². The smallest absolute Gasteiger partial charge is 0.0474 e. The molecule has 0 spiro atoms. The standard InChI is InChI=1S/C12H16Cl2N2/c1-2-3-4-5-12(16-15)10-7-6-9(13)8-11(10)14/h2,6-8,12,16H,1,3-5,15H2. The second kappa shape index (κ2) is 6.92. The van der Waals surface area contributed by atoms with E-state index in [-0.39, 0.29) is 6.04 Å². The molecule has 0 saturated carbocycles. The molecular formula is C12H16Cl2N2. The zero-order chi connectivity index (χ0) is 12.0. The van der Waals surface area contributed by atoms with Crippen molar-refractivity contribution in [1.29, 1.82) is 0 Å². The minimum absolute atomic E-state index is 0.0599. The lowest BCUT2D eigenvalue weighted by Gasteiger charge is -2.17. The number of nitrogens with two attached hydrogens (primary N) is 1. The van der Waals surface area contributed by atoms with Gasteiger partial charge in [0.15, 0.2) is 0 Å². The van der Waals surface area contributed by atoms with Crippen molar-refractivity contribution in [3.05, 3.63) is 46.5 Å². The fourth-order valence-electron chi connectivity index (χ4n) is 1.58. The molecule has 0 bridgehead atoms. The number of rotatable bonds is 6. The molecule has 0 aliphatic rings. The van der Waals surface area contributed by atoms with Crippen LogP contribution in [0.25, 0.3) is 0 Å². The first-order valence-electron chi connectivity index (χ1n) is 5.21. The Hall–Kier alpha value is -0.540. The highest BCUT2D eigenvalue weighted by Gasteiger charge is 2.12. The summed E-state index contributed by atoms with van der Waals surface area (Å²) in [5.41, 5.74) is 3.76. The first kappa shape index (κ1) is 13.5. The minimum Gasteiger partial charge on any atom is -0.271 e. The zero-order valence-electron chi connectivity index (χ0n) is 9.05. The number of hydrogen-bond acceptors (Lipinski definition) is 2. The molecule has 1 aromatic carbocycles. The van der Waals surface area contributed by atoms with Crippen LogP contribution in [0, 0.1) is 0 Å². The second-order valence-corrected chi connectivity index (χ2v) is 4.45. The maximum Gasteiger partial charge on any atom is 0.0474 e. The number of benzene rings is 1. The second-order valence-electron chi connectivity index (χ2n) is 3.60.